The third-order valence-corrected chi connectivity index (χ3v) is 6.54. The number of esters is 1. The van der Waals surface area contributed by atoms with Crippen molar-refractivity contribution in [3.63, 3.8) is 0 Å². The predicted octanol–water partition coefficient (Wildman–Crippen LogP) is 4.89. The summed E-state index contributed by atoms with van der Waals surface area (Å²) in [6.45, 7) is 1.24. The van der Waals surface area contributed by atoms with Crippen LogP contribution in [0.1, 0.15) is 23.0 Å². The summed E-state index contributed by atoms with van der Waals surface area (Å²) >= 11 is 6.71. The number of non-ortho nitro benzene ring substituents is 1. The maximum absolute atomic E-state index is 12.9. The van der Waals surface area contributed by atoms with Crippen molar-refractivity contribution in [1.82, 2.24) is 9.47 Å². The number of nitrogens with zero attached hydrogens (tertiary/aromatic N) is 3. The van der Waals surface area contributed by atoms with Gasteiger partial charge >= 0.3 is 5.97 Å². The van der Waals surface area contributed by atoms with Gasteiger partial charge in [-0.3, -0.25) is 29.4 Å². The van der Waals surface area contributed by atoms with Gasteiger partial charge < -0.3 is 14.6 Å². The van der Waals surface area contributed by atoms with Gasteiger partial charge in [0.1, 0.15) is 6.54 Å². The smallest absolute Gasteiger partial charge is 0.339 e. The van der Waals surface area contributed by atoms with E-state index in [0.717, 1.165) is 4.90 Å². The molecular formula is C25H19ClN4O7S. The van der Waals surface area contributed by atoms with Gasteiger partial charge in [0.2, 0.25) is 5.91 Å². The second-order valence-electron chi connectivity index (χ2n) is 7.81. The lowest BCUT2D eigenvalue weighted by Crippen LogP contribution is -2.36. The first-order valence-corrected chi connectivity index (χ1v) is 12.3. The van der Waals surface area contributed by atoms with Gasteiger partial charge in [-0.2, -0.15) is 0 Å². The molecule has 0 unspecified atom stereocenters. The summed E-state index contributed by atoms with van der Waals surface area (Å²) in [4.78, 5) is 61.6. The van der Waals surface area contributed by atoms with Gasteiger partial charge in [-0.15, -0.1) is 0 Å². The first-order chi connectivity index (χ1) is 18.2. The van der Waals surface area contributed by atoms with E-state index in [4.69, 9.17) is 16.3 Å². The molecule has 2 aromatic carbocycles. The summed E-state index contributed by atoms with van der Waals surface area (Å²) in [7, 11) is 0. The molecule has 11 nitrogen and oxygen atoms in total. The van der Waals surface area contributed by atoms with Crippen LogP contribution in [0.15, 0.2) is 65.7 Å². The lowest BCUT2D eigenvalue weighted by Gasteiger charge is -2.13. The number of ether oxygens (including phenoxy) is 1. The van der Waals surface area contributed by atoms with Crippen LogP contribution in [0, 0.1) is 10.1 Å². The van der Waals surface area contributed by atoms with E-state index in [-0.39, 0.29) is 33.5 Å². The molecular weight excluding hydrogens is 536 g/mol. The molecule has 2 heterocycles. The van der Waals surface area contributed by atoms with Gasteiger partial charge in [-0.25, -0.2) is 4.79 Å². The van der Waals surface area contributed by atoms with Gasteiger partial charge in [0.25, 0.3) is 16.8 Å². The van der Waals surface area contributed by atoms with E-state index in [2.05, 4.69) is 5.32 Å². The fourth-order valence-electron chi connectivity index (χ4n) is 3.59. The second-order valence-corrected chi connectivity index (χ2v) is 9.21. The average molecular weight is 555 g/mol. The minimum absolute atomic E-state index is 0.0622. The van der Waals surface area contributed by atoms with Crippen LogP contribution in [0.2, 0.25) is 5.02 Å². The number of carbonyl (C=O) groups is 4. The highest BCUT2D eigenvalue weighted by Gasteiger charge is 2.36. The molecule has 1 saturated heterocycles. The van der Waals surface area contributed by atoms with Crippen LogP contribution in [-0.2, 0) is 14.3 Å². The minimum Gasteiger partial charge on any atom is -0.462 e. The Morgan fingerprint density at radius 3 is 2.68 bits per heavy atom. The maximum Gasteiger partial charge on any atom is 0.339 e. The molecule has 194 valence electrons. The van der Waals surface area contributed by atoms with Crippen molar-refractivity contribution < 1.29 is 28.8 Å². The topological polar surface area (TPSA) is 141 Å². The van der Waals surface area contributed by atoms with Crippen LogP contribution >= 0.6 is 23.4 Å². The number of nitrogens with one attached hydrogen (secondary N) is 1. The summed E-state index contributed by atoms with van der Waals surface area (Å²) in [5, 5.41) is 13.2. The predicted molar refractivity (Wildman–Crippen MR) is 141 cm³/mol. The summed E-state index contributed by atoms with van der Waals surface area (Å²) in [5.41, 5.74) is 1.21. The van der Waals surface area contributed by atoms with Crippen molar-refractivity contribution in [2.45, 2.75) is 6.92 Å². The zero-order chi connectivity index (χ0) is 27.4. The van der Waals surface area contributed by atoms with E-state index in [1.165, 1.54) is 36.4 Å². The van der Waals surface area contributed by atoms with Crippen molar-refractivity contribution in [3.8, 4) is 5.69 Å². The Morgan fingerprint density at radius 1 is 1.16 bits per heavy atom. The number of amides is 3. The van der Waals surface area contributed by atoms with Crippen LogP contribution in [0.3, 0.4) is 0 Å². The Balaban J connectivity index is 1.49. The largest absolute Gasteiger partial charge is 0.462 e. The molecule has 0 bridgehead atoms. The molecule has 3 aromatic rings. The van der Waals surface area contributed by atoms with Crippen LogP contribution in [-0.4, -0.2) is 50.6 Å². The van der Waals surface area contributed by atoms with Gasteiger partial charge in [0, 0.05) is 29.7 Å². The number of halogens is 1. The first-order valence-electron chi connectivity index (χ1n) is 11.1. The van der Waals surface area contributed by atoms with Gasteiger partial charge in [-0.1, -0.05) is 17.7 Å². The quantitative estimate of drug-likeness (QED) is 0.179. The number of imide groups is 1. The van der Waals surface area contributed by atoms with E-state index in [1.807, 2.05) is 0 Å². The van der Waals surface area contributed by atoms with Crippen molar-refractivity contribution in [3.05, 3.63) is 92.1 Å². The van der Waals surface area contributed by atoms with E-state index in [1.54, 1.807) is 42.0 Å². The summed E-state index contributed by atoms with van der Waals surface area (Å²) < 4.78 is 6.57. The molecule has 4 rings (SSSR count). The van der Waals surface area contributed by atoms with Crippen LogP contribution in [0.4, 0.5) is 16.2 Å². The molecule has 0 saturated carbocycles. The number of hydrogen-bond acceptors (Lipinski definition) is 8. The van der Waals surface area contributed by atoms with Crippen molar-refractivity contribution in [2.75, 3.05) is 18.5 Å². The average Bonchev–Trinajstić information content (AvgIpc) is 3.45. The normalized spacial score (nSPS) is 14.2. The highest BCUT2D eigenvalue weighted by atomic mass is 35.5. The molecule has 1 aliphatic rings. The Hall–Kier alpha value is -4.42. The third-order valence-electron chi connectivity index (χ3n) is 5.30. The fraction of sp³-hybridized carbons (Fsp3) is 0.120. The Kier molecular flexibility index (Phi) is 7.93. The molecule has 0 aliphatic carbocycles. The van der Waals surface area contributed by atoms with E-state index >= 15 is 0 Å². The molecule has 0 atom stereocenters. The highest BCUT2D eigenvalue weighted by Crippen LogP contribution is 2.33. The Labute approximate surface area is 225 Å². The zero-order valence-corrected chi connectivity index (χ0v) is 21.3. The van der Waals surface area contributed by atoms with E-state index < -0.39 is 34.5 Å². The SMILES string of the molecule is CCOC(=O)c1cc(NC(=O)CN2C(=O)S/C(=C\c3cccn3-c3cccc([N+](=O)[O-])c3)C2=O)ccc1Cl. The van der Waals surface area contributed by atoms with Gasteiger partial charge in [-0.05, 0) is 61.2 Å². The molecule has 1 aliphatic heterocycles. The first kappa shape index (κ1) is 26.6. The Morgan fingerprint density at radius 2 is 1.95 bits per heavy atom. The molecule has 1 fully saturated rings. The minimum atomic E-state index is -0.662. The van der Waals surface area contributed by atoms with Crippen molar-refractivity contribution in [2.24, 2.45) is 0 Å². The third kappa shape index (κ3) is 5.76. The molecule has 0 spiro atoms. The molecule has 3 amide bonds. The lowest BCUT2D eigenvalue weighted by atomic mass is 10.2. The van der Waals surface area contributed by atoms with Gasteiger partial charge in [0.05, 0.1) is 32.7 Å². The van der Waals surface area contributed by atoms with Gasteiger partial charge in [0.15, 0.2) is 0 Å². The molecule has 1 N–H and O–H groups in total. The standard InChI is InChI=1S/C25H19ClN4O7S/c1-2-37-24(33)19-11-15(8-9-20(19)26)27-22(31)14-29-23(32)21(38-25(29)34)13-17-7-4-10-28(17)16-5-3-6-18(12-16)30(35)36/h3-13H,2,14H2,1H3,(H,27,31)/b21-13-. The second kappa shape index (κ2) is 11.3. The number of benzene rings is 2. The number of nitro groups is 1. The van der Waals surface area contributed by atoms with Crippen molar-refractivity contribution in [1.29, 1.82) is 0 Å². The monoisotopic (exact) mass is 554 g/mol. The number of hydrogen-bond donors (Lipinski definition) is 1. The number of aromatic nitrogens is 1. The number of anilines is 1. The number of rotatable bonds is 8. The van der Waals surface area contributed by atoms with E-state index in [0.29, 0.717) is 23.1 Å². The van der Waals surface area contributed by atoms with Crippen molar-refractivity contribution >= 4 is 63.8 Å². The summed E-state index contributed by atoms with van der Waals surface area (Å²) in [6, 6.07) is 13.6. The summed E-state index contributed by atoms with van der Waals surface area (Å²) in [6.07, 6.45) is 3.14. The summed E-state index contributed by atoms with van der Waals surface area (Å²) in [5.74, 6) is -1.98. The molecule has 13 heteroatoms. The van der Waals surface area contributed by atoms with Crippen LogP contribution < -0.4 is 5.32 Å². The number of thioether (sulfide) groups is 1. The zero-order valence-electron chi connectivity index (χ0n) is 19.8. The fourth-order valence-corrected chi connectivity index (χ4v) is 4.60. The molecule has 1 aromatic heterocycles. The van der Waals surface area contributed by atoms with Crippen LogP contribution in [0.25, 0.3) is 11.8 Å². The van der Waals surface area contributed by atoms with Crippen LogP contribution in [0.5, 0.6) is 0 Å². The molecule has 0 radical (unpaired) electrons. The van der Waals surface area contributed by atoms with E-state index in [9.17, 15) is 29.3 Å². The highest BCUT2D eigenvalue weighted by molar-refractivity contribution is 8.18. The maximum atomic E-state index is 12.9. The number of nitro benzene ring substituents is 1. The molecule has 38 heavy (non-hydrogen) atoms. The Bertz CT molecular complexity index is 1500. The lowest BCUT2D eigenvalue weighted by molar-refractivity contribution is -0.384. The number of carbonyl (C=O) groups excluding carboxylic acids is 4.